The van der Waals surface area contributed by atoms with Gasteiger partial charge in [0.1, 0.15) is 11.3 Å². The molecule has 2 aromatic rings. The predicted octanol–water partition coefficient (Wildman–Crippen LogP) is 3.86. The van der Waals surface area contributed by atoms with E-state index in [4.69, 9.17) is 27.9 Å². The molecule has 0 atom stereocenters. The van der Waals surface area contributed by atoms with Gasteiger partial charge >= 0.3 is 0 Å². The minimum absolute atomic E-state index is 0.455. The quantitative estimate of drug-likeness (QED) is 0.757. The van der Waals surface area contributed by atoms with Crippen LogP contribution in [0.15, 0.2) is 18.3 Å². The minimum atomic E-state index is 0.455. The van der Waals surface area contributed by atoms with Crippen LogP contribution in [0, 0.1) is 6.92 Å². The van der Waals surface area contributed by atoms with E-state index in [2.05, 4.69) is 4.98 Å². The van der Waals surface area contributed by atoms with Crippen molar-refractivity contribution in [2.75, 3.05) is 7.11 Å². The van der Waals surface area contributed by atoms with Crippen molar-refractivity contribution in [2.45, 2.75) is 6.92 Å². The molecule has 0 aliphatic heterocycles. The van der Waals surface area contributed by atoms with Crippen molar-refractivity contribution in [2.24, 2.45) is 0 Å². The number of aryl methyl sites for hydroxylation is 1. The van der Waals surface area contributed by atoms with Crippen molar-refractivity contribution < 1.29 is 4.74 Å². The van der Waals surface area contributed by atoms with Gasteiger partial charge < -0.3 is 4.74 Å². The van der Waals surface area contributed by atoms with Crippen LogP contribution in [0.3, 0.4) is 0 Å². The molecule has 4 heteroatoms. The monoisotopic (exact) mass is 241 g/mol. The Morgan fingerprint density at radius 3 is 2.67 bits per heavy atom. The first-order chi connectivity index (χ1) is 7.13. The van der Waals surface area contributed by atoms with E-state index < -0.39 is 0 Å². The largest absolute Gasteiger partial charge is 0.494 e. The molecule has 0 radical (unpaired) electrons. The van der Waals surface area contributed by atoms with Gasteiger partial charge in [-0.2, -0.15) is 0 Å². The van der Waals surface area contributed by atoms with E-state index >= 15 is 0 Å². The summed E-state index contributed by atoms with van der Waals surface area (Å²) in [5.74, 6) is 0.712. The van der Waals surface area contributed by atoms with Gasteiger partial charge in [-0.25, -0.2) is 0 Å². The van der Waals surface area contributed by atoms with Gasteiger partial charge in [-0.05, 0) is 24.6 Å². The Hall–Kier alpha value is -0.990. The molecule has 78 valence electrons. The molecule has 0 bridgehead atoms. The molecule has 0 saturated heterocycles. The molecule has 0 aliphatic carbocycles. The highest BCUT2D eigenvalue weighted by Gasteiger charge is 2.09. The molecule has 0 fully saturated rings. The van der Waals surface area contributed by atoms with Crippen molar-refractivity contribution in [1.29, 1.82) is 0 Å². The first-order valence-corrected chi connectivity index (χ1v) is 5.17. The molecule has 0 amide bonds. The minimum Gasteiger partial charge on any atom is -0.494 e. The lowest BCUT2D eigenvalue weighted by molar-refractivity contribution is 0.418. The Kier molecular flexibility index (Phi) is 2.72. The molecule has 1 aromatic heterocycles. The van der Waals surface area contributed by atoms with Gasteiger partial charge in [0.2, 0.25) is 0 Å². The number of halogens is 2. The molecule has 1 aromatic carbocycles. The number of hydrogen-bond donors (Lipinski definition) is 0. The molecule has 1 heterocycles. The summed E-state index contributed by atoms with van der Waals surface area (Å²) < 4.78 is 5.24. The maximum atomic E-state index is 6.10. The Morgan fingerprint density at radius 2 is 2.00 bits per heavy atom. The Morgan fingerprint density at radius 1 is 1.27 bits per heavy atom. The first-order valence-electron chi connectivity index (χ1n) is 4.42. The maximum absolute atomic E-state index is 6.10. The third-order valence-electron chi connectivity index (χ3n) is 2.19. The predicted molar refractivity (Wildman–Crippen MR) is 63.1 cm³/mol. The molecule has 15 heavy (non-hydrogen) atoms. The second-order valence-corrected chi connectivity index (χ2v) is 4.07. The number of nitrogens with zero attached hydrogens (tertiary/aromatic N) is 1. The number of ether oxygens (including phenoxy) is 1. The number of aromatic nitrogens is 1. The maximum Gasteiger partial charge on any atom is 0.145 e. The lowest BCUT2D eigenvalue weighted by atomic mass is 10.1. The second-order valence-electron chi connectivity index (χ2n) is 3.28. The van der Waals surface area contributed by atoms with Crippen molar-refractivity contribution >= 4 is 34.1 Å². The van der Waals surface area contributed by atoms with Gasteiger partial charge in [-0.3, -0.25) is 4.98 Å². The average molecular weight is 242 g/mol. The van der Waals surface area contributed by atoms with Crippen LogP contribution in [0.2, 0.25) is 10.0 Å². The molecule has 2 rings (SSSR count). The summed E-state index contributed by atoms with van der Waals surface area (Å²) in [7, 11) is 1.61. The highest BCUT2D eigenvalue weighted by Crippen LogP contribution is 2.34. The Labute approximate surface area is 97.8 Å². The normalized spacial score (nSPS) is 10.7. The third kappa shape index (κ3) is 1.75. The van der Waals surface area contributed by atoms with Crippen LogP contribution in [-0.4, -0.2) is 12.1 Å². The number of fused-ring (bicyclic) bond motifs is 1. The zero-order chi connectivity index (χ0) is 11.0. The number of benzene rings is 1. The van der Waals surface area contributed by atoms with Crippen LogP contribution < -0.4 is 4.74 Å². The number of hydrogen-bond acceptors (Lipinski definition) is 2. The van der Waals surface area contributed by atoms with Crippen LogP contribution in [0.4, 0.5) is 0 Å². The van der Waals surface area contributed by atoms with Crippen LogP contribution in [0.1, 0.15) is 5.56 Å². The smallest absolute Gasteiger partial charge is 0.145 e. The molecule has 0 spiro atoms. The van der Waals surface area contributed by atoms with Crippen molar-refractivity contribution in [3.05, 3.63) is 33.9 Å². The first kappa shape index (κ1) is 10.5. The summed E-state index contributed by atoms with van der Waals surface area (Å²) in [5.41, 5.74) is 1.79. The number of methoxy groups -OCH3 is 1. The fourth-order valence-electron chi connectivity index (χ4n) is 1.51. The van der Waals surface area contributed by atoms with Gasteiger partial charge in [0.25, 0.3) is 0 Å². The fourth-order valence-corrected chi connectivity index (χ4v) is 1.85. The molecule has 2 nitrogen and oxygen atoms in total. The Balaban J connectivity index is 2.89. The summed E-state index contributed by atoms with van der Waals surface area (Å²) in [5, 5.41) is 1.79. The van der Waals surface area contributed by atoms with Gasteiger partial charge in [-0.15, -0.1) is 0 Å². The molecular weight excluding hydrogens is 233 g/mol. The van der Waals surface area contributed by atoms with Crippen LogP contribution >= 0.6 is 23.2 Å². The van der Waals surface area contributed by atoms with E-state index in [1.807, 2.05) is 19.1 Å². The lowest BCUT2D eigenvalue weighted by Gasteiger charge is -2.08. The van der Waals surface area contributed by atoms with Gasteiger partial charge in [-0.1, -0.05) is 23.2 Å². The van der Waals surface area contributed by atoms with Gasteiger partial charge in [0.05, 0.1) is 17.2 Å². The molecule has 0 aliphatic rings. The van der Waals surface area contributed by atoms with Crippen molar-refractivity contribution in [3.8, 4) is 5.75 Å². The molecule has 0 N–H and O–H groups in total. The van der Waals surface area contributed by atoms with E-state index in [1.165, 1.54) is 6.20 Å². The molecule has 0 unspecified atom stereocenters. The van der Waals surface area contributed by atoms with Crippen LogP contribution in [0.25, 0.3) is 10.9 Å². The number of pyridine rings is 1. The highest BCUT2D eigenvalue weighted by atomic mass is 35.5. The summed E-state index contributed by atoms with van der Waals surface area (Å²) in [6.45, 7) is 1.97. The highest BCUT2D eigenvalue weighted by molar-refractivity contribution is 6.45. The SMILES string of the molecule is COc1cc(C)cc2c(Cl)c(Cl)cnc12. The molecule has 0 saturated carbocycles. The topological polar surface area (TPSA) is 22.1 Å². The van der Waals surface area contributed by atoms with E-state index in [0.29, 0.717) is 15.8 Å². The van der Waals surface area contributed by atoms with Crippen LogP contribution in [0.5, 0.6) is 5.75 Å². The van der Waals surface area contributed by atoms with Crippen molar-refractivity contribution in [1.82, 2.24) is 4.98 Å². The van der Waals surface area contributed by atoms with E-state index in [9.17, 15) is 0 Å². The summed E-state index contributed by atoms with van der Waals surface area (Å²) >= 11 is 12.0. The lowest BCUT2D eigenvalue weighted by Crippen LogP contribution is -1.90. The van der Waals surface area contributed by atoms with Gasteiger partial charge in [0.15, 0.2) is 0 Å². The third-order valence-corrected chi connectivity index (χ3v) is 2.98. The standard InChI is InChI=1S/C11H9Cl2NO/c1-6-3-7-10(13)8(12)5-14-11(7)9(4-6)15-2/h3-5H,1-2H3. The van der Waals surface area contributed by atoms with E-state index in [-0.39, 0.29) is 0 Å². The zero-order valence-corrected chi connectivity index (χ0v) is 9.86. The number of rotatable bonds is 1. The van der Waals surface area contributed by atoms with E-state index in [0.717, 1.165) is 16.5 Å². The fraction of sp³-hybridized carbons (Fsp3) is 0.182. The van der Waals surface area contributed by atoms with E-state index in [1.54, 1.807) is 7.11 Å². The summed E-state index contributed by atoms with van der Waals surface area (Å²) in [6, 6.07) is 3.86. The van der Waals surface area contributed by atoms with Crippen LogP contribution in [-0.2, 0) is 0 Å². The van der Waals surface area contributed by atoms with Gasteiger partial charge in [0, 0.05) is 11.6 Å². The second kappa shape index (κ2) is 3.87. The summed E-state index contributed by atoms with van der Waals surface area (Å²) in [6.07, 6.45) is 1.53. The van der Waals surface area contributed by atoms with Crippen molar-refractivity contribution in [3.63, 3.8) is 0 Å². The Bertz CT molecular complexity index is 525. The zero-order valence-electron chi connectivity index (χ0n) is 8.34. The average Bonchev–Trinajstić information content (AvgIpc) is 2.23. The molecular formula is C11H9Cl2NO. The summed E-state index contributed by atoms with van der Waals surface area (Å²) in [4.78, 5) is 4.21.